The number of nitrogens with two attached hydrogens (primary N) is 1. The average molecular weight is 356 g/mol. The number of primary sulfonamides is 1. The summed E-state index contributed by atoms with van der Waals surface area (Å²) in [5.74, 6) is 0. The fourth-order valence-corrected chi connectivity index (χ4v) is 2.75. The zero-order chi connectivity index (χ0) is 16.3. The van der Waals surface area contributed by atoms with Crippen LogP contribution in [0, 0.1) is 6.92 Å². The molecule has 2 aromatic rings. The van der Waals surface area contributed by atoms with Gasteiger partial charge in [0.2, 0.25) is 10.0 Å². The van der Waals surface area contributed by atoms with Crippen molar-refractivity contribution in [3.05, 3.63) is 53.1 Å². The number of sulfonamides is 1. The zero-order valence-electron chi connectivity index (χ0n) is 11.6. The molecule has 2 aromatic carbocycles. The minimum Gasteiger partial charge on any atom is -0.332 e. The van der Waals surface area contributed by atoms with Crippen LogP contribution in [0.2, 0.25) is 5.02 Å². The van der Waals surface area contributed by atoms with Crippen molar-refractivity contribution in [1.29, 1.82) is 0 Å². The molecule has 0 radical (unpaired) electrons. The molecular formula is C14H14ClN3O2S2. The number of hydrogen-bond acceptors (Lipinski definition) is 3. The minimum absolute atomic E-state index is 0.0467. The zero-order valence-corrected chi connectivity index (χ0v) is 14.0. The van der Waals surface area contributed by atoms with Crippen molar-refractivity contribution >= 4 is 50.3 Å². The molecule has 22 heavy (non-hydrogen) atoms. The fraction of sp³-hybridized carbons (Fsp3) is 0.0714. The summed E-state index contributed by atoms with van der Waals surface area (Å²) in [6.45, 7) is 1.91. The largest absolute Gasteiger partial charge is 0.332 e. The monoisotopic (exact) mass is 355 g/mol. The molecule has 2 rings (SSSR count). The molecule has 0 aliphatic carbocycles. The molecule has 0 aliphatic heterocycles. The van der Waals surface area contributed by atoms with Crippen LogP contribution in [0.5, 0.6) is 0 Å². The average Bonchev–Trinajstić information content (AvgIpc) is 2.41. The van der Waals surface area contributed by atoms with E-state index in [0.717, 1.165) is 11.3 Å². The third kappa shape index (κ3) is 4.41. The molecule has 0 saturated carbocycles. The molecule has 0 spiro atoms. The fourth-order valence-electron chi connectivity index (χ4n) is 1.78. The molecule has 0 saturated heterocycles. The lowest BCUT2D eigenvalue weighted by molar-refractivity contribution is 0.598. The summed E-state index contributed by atoms with van der Waals surface area (Å²) in [5, 5.41) is 12.1. The van der Waals surface area contributed by atoms with Crippen molar-refractivity contribution in [3.63, 3.8) is 0 Å². The van der Waals surface area contributed by atoms with Crippen molar-refractivity contribution in [3.8, 4) is 0 Å². The van der Waals surface area contributed by atoms with E-state index in [2.05, 4.69) is 10.6 Å². The van der Waals surface area contributed by atoms with Gasteiger partial charge < -0.3 is 10.6 Å². The van der Waals surface area contributed by atoms with E-state index in [1.807, 2.05) is 19.1 Å². The van der Waals surface area contributed by atoms with Crippen LogP contribution in [0.25, 0.3) is 0 Å². The Bertz CT molecular complexity index is 805. The molecule has 0 aliphatic rings. The van der Waals surface area contributed by atoms with Gasteiger partial charge in [0.25, 0.3) is 0 Å². The Morgan fingerprint density at radius 3 is 2.32 bits per heavy atom. The van der Waals surface area contributed by atoms with E-state index in [-0.39, 0.29) is 4.90 Å². The molecule has 0 aromatic heterocycles. The molecule has 0 amide bonds. The second kappa shape index (κ2) is 6.62. The topological polar surface area (TPSA) is 84.2 Å². The third-order valence-corrected chi connectivity index (χ3v) is 4.25. The van der Waals surface area contributed by atoms with Gasteiger partial charge in [0.15, 0.2) is 5.11 Å². The Hall–Kier alpha value is -1.67. The maximum absolute atomic E-state index is 11.2. The van der Waals surface area contributed by atoms with Crippen molar-refractivity contribution < 1.29 is 8.42 Å². The number of benzene rings is 2. The Morgan fingerprint density at radius 1 is 1.14 bits per heavy atom. The molecule has 0 atom stereocenters. The van der Waals surface area contributed by atoms with E-state index < -0.39 is 10.0 Å². The number of hydrogen-bond donors (Lipinski definition) is 3. The van der Waals surface area contributed by atoms with Crippen LogP contribution < -0.4 is 15.8 Å². The quantitative estimate of drug-likeness (QED) is 0.737. The van der Waals surface area contributed by atoms with E-state index in [4.69, 9.17) is 29.0 Å². The van der Waals surface area contributed by atoms with Gasteiger partial charge in [-0.3, -0.25) is 0 Å². The van der Waals surface area contributed by atoms with Crippen molar-refractivity contribution in [2.45, 2.75) is 11.8 Å². The summed E-state index contributed by atoms with van der Waals surface area (Å²) in [7, 11) is -3.70. The summed E-state index contributed by atoms with van der Waals surface area (Å²) >= 11 is 11.1. The van der Waals surface area contributed by atoms with Gasteiger partial charge in [0, 0.05) is 16.4 Å². The molecule has 0 fully saturated rings. The number of nitrogens with one attached hydrogen (secondary N) is 2. The Labute approximate surface area is 139 Å². The van der Waals surface area contributed by atoms with E-state index >= 15 is 0 Å². The van der Waals surface area contributed by atoms with Gasteiger partial charge in [-0.1, -0.05) is 11.6 Å². The van der Waals surface area contributed by atoms with E-state index in [0.29, 0.717) is 15.8 Å². The van der Waals surface area contributed by atoms with Crippen LogP contribution in [0.1, 0.15) is 5.56 Å². The lowest BCUT2D eigenvalue weighted by Gasteiger charge is -2.13. The van der Waals surface area contributed by atoms with Crippen LogP contribution >= 0.6 is 23.8 Å². The normalized spacial score (nSPS) is 11.0. The highest BCUT2D eigenvalue weighted by atomic mass is 35.5. The summed E-state index contributed by atoms with van der Waals surface area (Å²) in [6.07, 6.45) is 0. The first-order valence-corrected chi connectivity index (χ1v) is 8.56. The summed E-state index contributed by atoms with van der Waals surface area (Å²) in [5.41, 5.74) is 2.45. The minimum atomic E-state index is -3.70. The lowest BCUT2D eigenvalue weighted by Crippen LogP contribution is -2.19. The van der Waals surface area contributed by atoms with Crippen molar-refractivity contribution in [1.82, 2.24) is 0 Å². The van der Waals surface area contributed by atoms with Gasteiger partial charge in [-0.15, -0.1) is 0 Å². The second-order valence-corrected chi connectivity index (χ2v) is 7.01. The van der Waals surface area contributed by atoms with Crippen LogP contribution in [0.3, 0.4) is 0 Å². The predicted molar refractivity (Wildman–Crippen MR) is 93.8 cm³/mol. The van der Waals surface area contributed by atoms with Gasteiger partial charge in [-0.2, -0.15) is 0 Å². The first-order valence-electron chi connectivity index (χ1n) is 6.23. The lowest BCUT2D eigenvalue weighted by atomic mass is 10.2. The summed E-state index contributed by atoms with van der Waals surface area (Å²) in [4.78, 5) is 0.0467. The molecule has 4 N–H and O–H groups in total. The maximum atomic E-state index is 11.2. The van der Waals surface area contributed by atoms with Crippen molar-refractivity contribution in [2.75, 3.05) is 10.6 Å². The number of anilines is 2. The van der Waals surface area contributed by atoms with Gasteiger partial charge >= 0.3 is 0 Å². The first kappa shape index (κ1) is 16.7. The highest BCUT2D eigenvalue weighted by molar-refractivity contribution is 7.89. The summed E-state index contributed by atoms with van der Waals surface area (Å²) in [6, 6.07) is 11.4. The molecule has 0 heterocycles. The molecule has 116 valence electrons. The van der Waals surface area contributed by atoms with Gasteiger partial charge in [0.1, 0.15) is 0 Å². The second-order valence-electron chi connectivity index (χ2n) is 4.61. The van der Waals surface area contributed by atoms with Gasteiger partial charge in [-0.05, 0) is 67.2 Å². The number of aryl methyl sites for hydroxylation is 1. The number of rotatable bonds is 3. The molecule has 0 unspecified atom stereocenters. The molecular weight excluding hydrogens is 342 g/mol. The predicted octanol–water partition coefficient (Wildman–Crippen LogP) is 3.10. The highest BCUT2D eigenvalue weighted by Gasteiger charge is 2.07. The smallest absolute Gasteiger partial charge is 0.238 e. The Kier molecular flexibility index (Phi) is 5.02. The van der Waals surface area contributed by atoms with E-state index in [1.165, 1.54) is 12.1 Å². The highest BCUT2D eigenvalue weighted by Crippen LogP contribution is 2.20. The maximum Gasteiger partial charge on any atom is 0.238 e. The number of thiocarbonyl (C=S) groups is 1. The Morgan fingerprint density at radius 2 is 1.77 bits per heavy atom. The number of halogens is 1. The standard InChI is InChI=1S/C14H14ClN3O2S2/c1-9-8-10(15)2-7-13(9)18-14(21)17-11-3-5-12(6-4-11)22(16,19)20/h2-8H,1H3,(H2,16,19,20)(H2,17,18,21). The SMILES string of the molecule is Cc1cc(Cl)ccc1NC(=S)Nc1ccc(S(N)(=O)=O)cc1. The van der Waals surface area contributed by atoms with E-state index in [1.54, 1.807) is 18.2 Å². The Balaban J connectivity index is 2.06. The molecule has 0 bridgehead atoms. The molecule has 5 nitrogen and oxygen atoms in total. The van der Waals surface area contributed by atoms with Gasteiger partial charge in [-0.25, -0.2) is 13.6 Å². The van der Waals surface area contributed by atoms with Crippen LogP contribution in [0.4, 0.5) is 11.4 Å². The first-order chi connectivity index (χ1) is 10.3. The van der Waals surface area contributed by atoms with Crippen LogP contribution in [-0.4, -0.2) is 13.5 Å². The summed E-state index contributed by atoms with van der Waals surface area (Å²) < 4.78 is 22.4. The van der Waals surface area contributed by atoms with Gasteiger partial charge in [0.05, 0.1) is 4.90 Å². The third-order valence-electron chi connectivity index (χ3n) is 2.88. The van der Waals surface area contributed by atoms with Crippen LogP contribution in [-0.2, 0) is 10.0 Å². The molecule has 8 heteroatoms. The van der Waals surface area contributed by atoms with Crippen molar-refractivity contribution in [2.24, 2.45) is 5.14 Å². The van der Waals surface area contributed by atoms with Crippen LogP contribution in [0.15, 0.2) is 47.4 Å². The van der Waals surface area contributed by atoms with E-state index in [9.17, 15) is 8.42 Å².